The lowest BCUT2D eigenvalue weighted by atomic mass is 10.2. The van der Waals surface area contributed by atoms with Gasteiger partial charge in [0.25, 0.3) is 5.56 Å². The van der Waals surface area contributed by atoms with Crippen LogP contribution >= 0.6 is 11.8 Å². The molecule has 0 radical (unpaired) electrons. The summed E-state index contributed by atoms with van der Waals surface area (Å²) in [5, 5.41) is 0. The van der Waals surface area contributed by atoms with Crippen LogP contribution in [0.1, 0.15) is 25.3 Å². The highest BCUT2D eigenvalue weighted by atomic mass is 32.2. The molecule has 0 aliphatic heterocycles. The summed E-state index contributed by atoms with van der Waals surface area (Å²) >= 11 is 1.38. The minimum atomic E-state index is -0.663. The molecule has 3 N–H and O–H groups in total. The Labute approximate surface area is 184 Å². The summed E-state index contributed by atoms with van der Waals surface area (Å²) in [6.07, 6.45) is 1.59. The average molecular weight is 439 g/mol. The molecule has 0 aliphatic rings. The summed E-state index contributed by atoms with van der Waals surface area (Å²) < 4.78 is 1.33. The number of thioether (sulfide) groups is 1. The molecule has 3 rings (SSSR count). The molecule has 1 aromatic heterocycles. The van der Waals surface area contributed by atoms with E-state index in [1.165, 1.54) is 21.2 Å². The fourth-order valence-corrected chi connectivity index (χ4v) is 3.97. The van der Waals surface area contributed by atoms with Gasteiger partial charge in [-0.15, -0.1) is 11.8 Å². The second-order valence-electron chi connectivity index (χ2n) is 7.07. The number of hydrogen-bond donors (Lipinski definition) is 2. The number of nitrogens with one attached hydrogen (secondary N) is 1. The highest BCUT2D eigenvalue weighted by Gasteiger charge is 2.24. The first-order valence-corrected chi connectivity index (χ1v) is 11.1. The third-order valence-electron chi connectivity index (χ3n) is 4.81. The molecule has 31 heavy (non-hydrogen) atoms. The van der Waals surface area contributed by atoms with Crippen molar-refractivity contribution in [3.63, 3.8) is 0 Å². The largest absolute Gasteiger partial charge is 0.383 e. The Morgan fingerprint density at radius 2 is 1.71 bits per heavy atom. The summed E-state index contributed by atoms with van der Waals surface area (Å²) in [5.41, 5.74) is 5.91. The van der Waals surface area contributed by atoms with Crippen LogP contribution in [0.4, 0.5) is 11.5 Å². The summed E-state index contributed by atoms with van der Waals surface area (Å²) in [6.45, 7) is 2.55. The number of aromatic amines is 1. The number of nitrogens with two attached hydrogens (primary N) is 1. The van der Waals surface area contributed by atoms with E-state index in [1.54, 1.807) is 0 Å². The highest BCUT2D eigenvalue weighted by molar-refractivity contribution is 8.00. The van der Waals surface area contributed by atoms with E-state index in [4.69, 9.17) is 5.73 Å². The zero-order chi connectivity index (χ0) is 22.2. The topological polar surface area (TPSA) is 101 Å². The Bertz CT molecular complexity index is 1130. The summed E-state index contributed by atoms with van der Waals surface area (Å²) in [6, 6.07) is 18.9. The van der Waals surface area contributed by atoms with E-state index in [-0.39, 0.29) is 29.7 Å². The van der Waals surface area contributed by atoms with E-state index in [1.807, 2.05) is 67.6 Å². The predicted molar refractivity (Wildman–Crippen MR) is 125 cm³/mol. The molecule has 1 heterocycles. The first kappa shape index (κ1) is 22.4. The zero-order valence-electron chi connectivity index (χ0n) is 17.4. The van der Waals surface area contributed by atoms with E-state index in [0.29, 0.717) is 6.54 Å². The second-order valence-corrected chi connectivity index (χ2v) is 8.11. The van der Waals surface area contributed by atoms with Gasteiger partial charge >= 0.3 is 5.69 Å². The maximum Gasteiger partial charge on any atom is 0.330 e. The first-order valence-electron chi connectivity index (χ1n) is 10.2. The SMILES string of the molecule is CCCCn1c(N)c(N(Cc2ccccc2)C(=O)CSc2ccccc2)c(=O)[nH]c1=O. The molecule has 1 amide bonds. The van der Waals surface area contributed by atoms with Gasteiger partial charge in [0, 0.05) is 11.4 Å². The standard InChI is InChI=1S/C23H26N4O3S/c1-2-3-14-26-21(24)20(22(29)25-23(26)30)27(15-17-10-6-4-7-11-17)19(28)16-31-18-12-8-5-9-13-18/h4-13H,2-3,14-16,24H2,1H3,(H,25,29,30). The Morgan fingerprint density at radius 1 is 1.06 bits per heavy atom. The molecule has 7 nitrogen and oxygen atoms in total. The first-order chi connectivity index (χ1) is 15.0. The minimum Gasteiger partial charge on any atom is -0.383 e. The number of nitrogen functional groups attached to an aromatic ring is 1. The van der Waals surface area contributed by atoms with Crippen molar-refractivity contribution in [2.24, 2.45) is 0 Å². The molecule has 0 atom stereocenters. The number of unbranched alkanes of at least 4 members (excludes halogenated alkanes) is 1. The van der Waals surface area contributed by atoms with E-state index < -0.39 is 11.2 Å². The van der Waals surface area contributed by atoms with Gasteiger partial charge in [-0.3, -0.25) is 24.0 Å². The number of rotatable bonds is 9. The number of benzene rings is 2. The molecule has 0 saturated heterocycles. The Morgan fingerprint density at radius 3 is 2.35 bits per heavy atom. The molecule has 2 aromatic carbocycles. The van der Waals surface area contributed by atoms with Crippen molar-refractivity contribution in [3.8, 4) is 0 Å². The summed E-state index contributed by atoms with van der Waals surface area (Å²) in [5.74, 6) is -0.129. The zero-order valence-corrected chi connectivity index (χ0v) is 18.2. The molecule has 0 saturated carbocycles. The lowest BCUT2D eigenvalue weighted by Crippen LogP contribution is -2.41. The van der Waals surface area contributed by atoms with Gasteiger partial charge in [-0.25, -0.2) is 4.79 Å². The molecule has 0 unspecified atom stereocenters. The number of aromatic nitrogens is 2. The van der Waals surface area contributed by atoms with Gasteiger partial charge in [-0.05, 0) is 24.1 Å². The molecule has 0 fully saturated rings. The highest BCUT2D eigenvalue weighted by Crippen LogP contribution is 2.23. The Kier molecular flexibility index (Phi) is 7.72. The number of carbonyl (C=O) groups excluding carboxylic acids is 1. The van der Waals surface area contributed by atoms with Crippen LogP contribution in [-0.2, 0) is 17.9 Å². The summed E-state index contributed by atoms with van der Waals surface area (Å²) in [4.78, 5) is 42.9. The molecular formula is C23H26N4O3S. The van der Waals surface area contributed by atoms with Crippen molar-refractivity contribution in [2.75, 3.05) is 16.4 Å². The van der Waals surface area contributed by atoms with Crippen LogP contribution in [0.25, 0.3) is 0 Å². The van der Waals surface area contributed by atoms with Crippen LogP contribution in [0.5, 0.6) is 0 Å². The lowest BCUT2D eigenvalue weighted by molar-refractivity contribution is -0.116. The quantitative estimate of drug-likeness (QED) is 0.500. The fourth-order valence-electron chi connectivity index (χ4n) is 3.17. The Hall–Kier alpha value is -3.26. The van der Waals surface area contributed by atoms with E-state index >= 15 is 0 Å². The minimum absolute atomic E-state index is 0.0104. The van der Waals surface area contributed by atoms with Gasteiger partial charge in [-0.1, -0.05) is 61.9 Å². The van der Waals surface area contributed by atoms with Gasteiger partial charge < -0.3 is 5.73 Å². The molecular weight excluding hydrogens is 412 g/mol. The maximum absolute atomic E-state index is 13.2. The Balaban J connectivity index is 1.98. The monoisotopic (exact) mass is 438 g/mol. The number of nitrogens with zero attached hydrogens (tertiary/aromatic N) is 2. The van der Waals surface area contributed by atoms with Gasteiger partial charge in [0.05, 0.1) is 12.3 Å². The molecule has 162 valence electrons. The number of anilines is 2. The maximum atomic E-state index is 13.2. The summed E-state index contributed by atoms with van der Waals surface area (Å²) in [7, 11) is 0. The van der Waals surface area contributed by atoms with E-state index in [0.717, 1.165) is 23.3 Å². The third kappa shape index (κ3) is 5.67. The van der Waals surface area contributed by atoms with Crippen LogP contribution in [0.15, 0.2) is 75.1 Å². The third-order valence-corrected chi connectivity index (χ3v) is 5.81. The lowest BCUT2D eigenvalue weighted by Gasteiger charge is -2.24. The fraction of sp³-hybridized carbons (Fsp3) is 0.261. The van der Waals surface area contributed by atoms with Crippen LogP contribution in [0.2, 0.25) is 0 Å². The van der Waals surface area contributed by atoms with E-state index in [9.17, 15) is 14.4 Å². The molecule has 8 heteroatoms. The van der Waals surface area contributed by atoms with Crippen molar-refractivity contribution in [1.29, 1.82) is 0 Å². The van der Waals surface area contributed by atoms with Crippen LogP contribution < -0.4 is 21.9 Å². The van der Waals surface area contributed by atoms with Crippen LogP contribution in [0, 0.1) is 0 Å². The molecule has 0 spiro atoms. The van der Waals surface area contributed by atoms with Gasteiger partial charge in [0.15, 0.2) is 5.69 Å². The molecule has 0 aliphatic carbocycles. The van der Waals surface area contributed by atoms with Crippen molar-refractivity contribution in [2.45, 2.75) is 37.8 Å². The smallest absolute Gasteiger partial charge is 0.330 e. The second kappa shape index (κ2) is 10.7. The number of H-pyrrole nitrogens is 1. The normalized spacial score (nSPS) is 10.7. The molecule has 0 bridgehead atoms. The van der Waals surface area contributed by atoms with Crippen molar-refractivity contribution in [1.82, 2.24) is 9.55 Å². The van der Waals surface area contributed by atoms with Gasteiger partial charge in [0.2, 0.25) is 5.91 Å². The predicted octanol–water partition coefficient (Wildman–Crippen LogP) is 3.24. The van der Waals surface area contributed by atoms with E-state index in [2.05, 4.69) is 4.98 Å². The van der Waals surface area contributed by atoms with Gasteiger partial charge in [-0.2, -0.15) is 0 Å². The average Bonchev–Trinajstić information content (AvgIpc) is 2.78. The van der Waals surface area contributed by atoms with Gasteiger partial charge in [0.1, 0.15) is 5.82 Å². The number of carbonyl (C=O) groups is 1. The number of hydrogen-bond acceptors (Lipinski definition) is 5. The number of amides is 1. The molecule has 3 aromatic rings. The van der Waals surface area contributed by atoms with Crippen molar-refractivity contribution in [3.05, 3.63) is 87.1 Å². The van der Waals surface area contributed by atoms with Crippen molar-refractivity contribution >= 4 is 29.2 Å². The van der Waals surface area contributed by atoms with Crippen LogP contribution in [0.3, 0.4) is 0 Å². The van der Waals surface area contributed by atoms with Crippen LogP contribution in [-0.4, -0.2) is 21.2 Å². The van der Waals surface area contributed by atoms with Crippen molar-refractivity contribution < 1.29 is 4.79 Å².